The van der Waals surface area contributed by atoms with Crippen molar-refractivity contribution in [3.05, 3.63) is 114 Å². The molecule has 0 fully saturated rings. The van der Waals surface area contributed by atoms with Gasteiger partial charge >= 0.3 is 0 Å². The van der Waals surface area contributed by atoms with Crippen molar-refractivity contribution in [2.24, 2.45) is 0 Å². The first-order chi connectivity index (χ1) is 21.8. The van der Waals surface area contributed by atoms with Crippen molar-refractivity contribution in [2.75, 3.05) is 48.8 Å². The average molecular weight is 603 g/mol. The normalized spacial score (nSPS) is 13.0. The van der Waals surface area contributed by atoms with Crippen molar-refractivity contribution in [3.8, 4) is 11.1 Å². The summed E-state index contributed by atoms with van der Waals surface area (Å²) in [7, 11) is 4.17. The quantitative estimate of drug-likeness (QED) is 0.181. The Kier molecular flexibility index (Phi) is 10.4. The second-order valence-corrected chi connectivity index (χ2v) is 11.9. The maximum absolute atomic E-state index is 13.8. The standard InChI is InChI=1S/C38H42N4O3/c1-28-16-18-29(19-17-28)32-12-6-7-13-33(32)37(44)39-31-22-20-30(21-23-31)38(45)42-27-24-36(43)41(34-14-8-9-15-35(34)42)26-11-5-4-10-25-40(2)3/h6-9,12-23H,4-5,10-11,24-27H2,1-3H3,(H,39,44). The van der Waals surface area contributed by atoms with E-state index < -0.39 is 0 Å². The SMILES string of the molecule is Cc1ccc(-c2ccccc2C(=O)Nc2ccc(C(=O)N3CCC(=O)N(CCCCCCN(C)C)c4ccccc43)cc2)cc1. The topological polar surface area (TPSA) is 73.0 Å². The van der Waals surface area contributed by atoms with E-state index in [1.165, 1.54) is 0 Å². The van der Waals surface area contributed by atoms with E-state index in [4.69, 9.17) is 0 Å². The summed E-state index contributed by atoms with van der Waals surface area (Å²) in [4.78, 5) is 46.1. The number of aryl methyl sites for hydroxylation is 1. The Morgan fingerprint density at radius 3 is 2.18 bits per heavy atom. The molecule has 0 bridgehead atoms. The molecule has 1 N–H and O–H groups in total. The molecule has 7 heteroatoms. The van der Waals surface area contributed by atoms with Crippen molar-refractivity contribution in [2.45, 2.75) is 39.0 Å². The summed E-state index contributed by atoms with van der Waals surface area (Å²) in [6, 6.07) is 30.2. The summed E-state index contributed by atoms with van der Waals surface area (Å²) >= 11 is 0. The van der Waals surface area contributed by atoms with Crippen molar-refractivity contribution in [1.82, 2.24) is 4.90 Å². The second kappa shape index (κ2) is 14.8. The fourth-order valence-corrected chi connectivity index (χ4v) is 5.74. The molecule has 0 spiro atoms. The average Bonchev–Trinajstić information content (AvgIpc) is 3.19. The molecule has 45 heavy (non-hydrogen) atoms. The van der Waals surface area contributed by atoms with Crippen LogP contribution in [-0.2, 0) is 4.79 Å². The lowest BCUT2D eigenvalue weighted by Crippen LogP contribution is -2.32. The third kappa shape index (κ3) is 7.86. The van der Waals surface area contributed by atoms with Gasteiger partial charge in [0.15, 0.2) is 0 Å². The van der Waals surface area contributed by atoms with Crippen LogP contribution in [0.15, 0.2) is 97.1 Å². The minimum Gasteiger partial charge on any atom is -0.322 e. The highest BCUT2D eigenvalue weighted by molar-refractivity contribution is 6.12. The summed E-state index contributed by atoms with van der Waals surface area (Å²) in [5.74, 6) is -0.360. The van der Waals surface area contributed by atoms with E-state index in [0.717, 1.165) is 60.3 Å². The monoisotopic (exact) mass is 602 g/mol. The van der Waals surface area contributed by atoms with E-state index in [-0.39, 0.29) is 24.1 Å². The molecule has 1 aliphatic heterocycles. The summed E-state index contributed by atoms with van der Waals surface area (Å²) < 4.78 is 0. The molecule has 3 amide bonds. The molecule has 1 heterocycles. The third-order valence-corrected chi connectivity index (χ3v) is 8.22. The number of amides is 3. The summed E-state index contributed by atoms with van der Waals surface area (Å²) in [6.45, 7) is 4.05. The van der Waals surface area contributed by atoms with Crippen LogP contribution in [0.2, 0.25) is 0 Å². The first-order valence-corrected chi connectivity index (χ1v) is 15.8. The fourth-order valence-electron chi connectivity index (χ4n) is 5.74. The Bertz CT molecular complexity index is 1630. The van der Waals surface area contributed by atoms with Crippen LogP contribution >= 0.6 is 0 Å². The highest BCUT2D eigenvalue weighted by atomic mass is 16.2. The number of nitrogens with one attached hydrogen (secondary N) is 1. The molecule has 7 nitrogen and oxygen atoms in total. The molecule has 1 aliphatic rings. The molecule has 0 unspecified atom stereocenters. The van der Waals surface area contributed by atoms with Gasteiger partial charge in [0, 0.05) is 36.3 Å². The van der Waals surface area contributed by atoms with Crippen LogP contribution in [0.1, 0.15) is 58.4 Å². The maximum Gasteiger partial charge on any atom is 0.258 e. The Morgan fingerprint density at radius 1 is 0.778 bits per heavy atom. The van der Waals surface area contributed by atoms with E-state index >= 15 is 0 Å². The molecular formula is C38H42N4O3. The van der Waals surface area contributed by atoms with Crippen LogP contribution < -0.4 is 15.1 Å². The number of rotatable bonds is 11. The number of fused-ring (bicyclic) bond motifs is 1. The Morgan fingerprint density at radius 2 is 1.44 bits per heavy atom. The van der Waals surface area contributed by atoms with Crippen LogP contribution in [0, 0.1) is 6.92 Å². The van der Waals surface area contributed by atoms with Gasteiger partial charge < -0.3 is 20.0 Å². The predicted molar refractivity (Wildman–Crippen MR) is 183 cm³/mol. The summed E-state index contributed by atoms with van der Waals surface area (Å²) in [6.07, 6.45) is 4.51. The highest BCUT2D eigenvalue weighted by Gasteiger charge is 2.29. The van der Waals surface area contributed by atoms with Gasteiger partial charge in [0.25, 0.3) is 11.8 Å². The molecule has 0 aromatic heterocycles. The summed E-state index contributed by atoms with van der Waals surface area (Å²) in [5.41, 5.74) is 6.17. The van der Waals surface area contributed by atoms with Crippen molar-refractivity contribution in [1.29, 1.82) is 0 Å². The van der Waals surface area contributed by atoms with Gasteiger partial charge in [-0.2, -0.15) is 0 Å². The predicted octanol–water partition coefficient (Wildman–Crippen LogP) is 7.42. The number of para-hydroxylation sites is 2. The molecule has 0 aliphatic carbocycles. The Hall–Kier alpha value is -4.75. The zero-order chi connectivity index (χ0) is 31.8. The van der Waals surface area contributed by atoms with Gasteiger partial charge in [0.2, 0.25) is 5.91 Å². The van der Waals surface area contributed by atoms with Crippen molar-refractivity contribution in [3.63, 3.8) is 0 Å². The van der Waals surface area contributed by atoms with Gasteiger partial charge in [0.1, 0.15) is 0 Å². The van der Waals surface area contributed by atoms with E-state index in [9.17, 15) is 14.4 Å². The van der Waals surface area contributed by atoms with E-state index in [1.54, 1.807) is 29.2 Å². The maximum atomic E-state index is 13.8. The van der Waals surface area contributed by atoms with Crippen LogP contribution in [0.4, 0.5) is 17.1 Å². The number of hydrogen-bond acceptors (Lipinski definition) is 4. The zero-order valence-electron chi connectivity index (χ0n) is 26.5. The number of benzene rings is 4. The molecule has 0 saturated carbocycles. The molecule has 232 valence electrons. The number of carbonyl (C=O) groups is 3. The lowest BCUT2D eigenvalue weighted by molar-refractivity contribution is -0.118. The number of hydrogen-bond donors (Lipinski definition) is 1. The summed E-state index contributed by atoms with van der Waals surface area (Å²) in [5, 5.41) is 2.98. The van der Waals surface area contributed by atoms with Crippen LogP contribution in [0.25, 0.3) is 11.1 Å². The van der Waals surface area contributed by atoms with Gasteiger partial charge in [-0.1, -0.05) is 73.0 Å². The molecule has 0 radical (unpaired) electrons. The second-order valence-electron chi connectivity index (χ2n) is 11.9. The molecular weight excluding hydrogens is 560 g/mol. The van der Waals surface area contributed by atoms with Gasteiger partial charge in [0.05, 0.1) is 11.4 Å². The largest absolute Gasteiger partial charge is 0.322 e. The Balaban J connectivity index is 1.27. The van der Waals surface area contributed by atoms with Crippen molar-refractivity contribution < 1.29 is 14.4 Å². The minimum absolute atomic E-state index is 0.0371. The Labute approximate surface area is 266 Å². The lowest BCUT2D eigenvalue weighted by Gasteiger charge is -2.25. The van der Waals surface area contributed by atoms with Crippen molar-refractivity contribution >= 4 is 34.8 Å². The van der Waals surface area contributed by atoms with Crippen LogP contribution in [0.3, 0.4) is 0 Å². The van der Waals surface area contributed by atoms with Gasteiger partial charge in [-0.15, -0.1) is 0 Å². The fraction of sp³-hybridized carbons (Fsp3) is 0.289. The lowest BCUT2D eigenvalue weighted by atomic mass is 9.98. The molecule has 5 rings (SSSR count). The van der Waals surface area contributed by atoms with Gasteiger partial charge in [-0.3, -0.25) is 14.4 Å². The molecule has 0 atom stereocenters. The highest BCUT2D eigenvalue weighted by Crippen LogP contribution is 2.34. The number of carbonyl (C=O) groups excluding carboxylic acids is 3. The zero-order valence-corrected chi connectivity index (χ0v) is 26.5. The number of nitrogens with zero attached hydrogens (tertiary/aromatic N) is 3. The van der Waals surface area contributed by atoms with E-state index in [2.05, 4.69) is 24.3 Å². The molecule has 0 saturated heterocycles. The molecule has 4 aromatic rings. The first-order valence-electron chi connectivity index (χ1n) is 15.8. The van der Waals surface area contributed by atoms with Crippen LogP contribution in [-0.4, -0.2) is 56.4 Å². The smallest absolute Gasteiger partial charge is 0.258 e. The molecule has 4 aromatic carbocycles. The van der Waals surface area contributed by atoms with E-state index in [1.807, 2.05) is 84.6 Å². The number of unbranched alkanes of at least 4 members (excludes halogenated alkanes) is 3. The van der Waals surface area contributed by atoms with Gasteiger partial charge in [-0.25, -0.2) is 0 Å². The van der Waals surface area contributed by atoms with Gasteiger partial charge in [-0.05, 0) is 94.0 Å². The number of anilines is 3. The van der Waals surface area contributed by atoms with Crippen LogP contribution in [0.5, 0.6) is 0 Å². The first kappa shape index (κ1) is 31.7. The van der Waals surface area contributed by atoms with E-state index in [0.29, 0.717) is 29.9 Å². The minimum atomic E-state index is -0.219. The third-order valence-electron chi connectivity index (χ3n) is 8.22.